The van der Waals surface area contributed by atoms with Crippen LogP contribution in [-0.2, 0) is 11.3 Å². The van der Waals surface area contributed by atoms with Crippen LogP contribution in [0.5, 0.6) is 5.75 Å². The summed E-state index contributed by atoms with van der Waals surface area (Å²) in [6, 6.07) is 9.12. The smallest absolute Gasteiger partial charge is 0.322 e. The molecule has 0 aliphatic carbocycles. The van der Waals surface area contributed by atoms with E-state index < -0.39 is 18.0 Å². The molecule has 2 aromatic heterocycles. The van der Waals surface area contributed by atoms with E-state index in [9.17, 15) is 14.4 Å². The number of urea groups is 1. The first-order valence-electron chi connectivity index (χ1n) is 9.05. The minimum absolute atomic E-state index is 0.0777. The highest BCUT2D eigenvalue weighted by molar-refractivity contribution is 6.04. The van der Waals surface area contributed by atoms with Crippen molar-refractivity contribution in [2.24, 2.45) is 0 Å². The normalized spacial score (nSPS) is 17.3. The molecule has 154 valence electrons. The van der Waals surface area contributed by atoms with Gasteiger partial charge in [0.1, 0.15) is 22.8 Å². The van der Waals surface area contributed by atoms with E-state index in [0.717, 1.165) is 16.9 Å². The molecule has 4 heterocycles. The third-order valence-corrected chi connectivity index (χ3v) is 4.77. The van der Waals surface area contributed by atoms with E-state index in [2.05, 4.69) is 15.6 Å². The largest absolute Gasteiger partial charge is 0.497 e. The van der Waals surface area contributed by atoms with Gasteiger partial charge in [0, 0.05) is 25.2 Å². The minimum Gasteiger partial charge on any atom is -0.497 e. The number of nitrogens with two attached hydrogens (primary N) is 1. The Hall–Kier alpha value is -4.08. The van der Waals surface area contributed by atoms with Crippen LogP contribution in [0.1, 0.15) is 27.7 Å². The number of nitrogen functional groups attached to an aromatic ring is 1. The van der Waals surface area contributed by atoms with Crippen molar-refractivity contribution in [3.63, 3.8) is 0 Å². The molecule has 3 aromatic rings. The Labute approximate surface area is 171 Å². The molecule has 2 aliphatic heterocycles. The van der Waals surface area contributed by atoms with Gasteiger partial charge < -0.3 is 25.1 Å². The van der Waals surface area contributed by atoms with Gasteiger partial charge >= 0.3 is 6.03 Å². The fourth-order valence-corrected chi connectivity index (χ4v) is 3.27. The van der Waals surface area contributed by atoms with Crippen molar-refractivity contribution in [3.05, 3.63) is 53.3 Å². The maximum atomic E-state index is 11.5. The molecule has 1 fully saturated rings. The molecule has 5 rings (SSSR count). The summed E-state index contributed by atoms with van der Waals surface area (Å²) in [6.45, 7) is 0.707. The zero-order chi connectivity index (χ0) is 21.4. The van der Waals surface area contributed by atoms with Gasteiger partial charge in [0.05, 0.1) is 7.11 Å². The molecule has 10 heteroatoms. The molecule has 0 bridgehead atoms. The van der Waals surface area contributed by atoms with Gasteiger partial charge in [0.15, 0.2) is 11.6 Å². The highest BCUT2D eigenvalue weighted by Gasteiger charge is 2.33. The van der Waals surface area contributed by atoms with Gasteiger partial charge in [-0.1, -0.05) is 6.07 Å². The second-order valence-electron chi connectivity index (χ2n) is 6.85. The van der Waals surface area contributed by atoms with E-state index >= 15 is 0 Å². The monoisotopic (exact) mass is 409 g/mol. The van der Waals surface area contributed by atoms with Crippen LogP contribution in [0.3, 0.4) is 0 Å². The number of imide groups is 1. The fourth-order valence-electron chi connectivity index (χ4n) is 3.27. The molecule has 1 unspecified atom stereocenters. The second-order valence-corrected chi connectivity index (χ2v) is 6.85. The van der Waals surface area contributed by atoms with Crippen molar-refractivity contribution < 1.29 is 23.5 Å². The van der Waals surface area contributed by atoms with E-state index in [0.29, 0.717) is 29.2 Å². The minimum atomic E-state index is -0.807. The average Bonchev–Trinajstić information content (AvgIpc) is 3.37. The molecule has 1 aromatic carbocycles. The molecule has 1 saturated heterocycles. The van der Waals surface area contributed by atoms with Crippen molar-refractivity contribution in [2.75, 3.05) is 19.9 Å². The molecular weight excluding hydrogens is 390 g/mol. The number of benzene rings is 1. The Morgan fingerprint density at radius 3 is 2.70 bits per heavy atom. The van der Waals surface area contributed by atoms with E-state index in [1.54, 1.807) is 43.3 Å². The zero-order valence-electron chi connectivity index (χ0n) is 16.3. The lowest BCUT2D eigenvalue weighted by Gasteiger charge is -2.04. The van der Waals surface area contributed by atoms with Gasteiger partial charge in [-0.05, 0) is 29.8 Å². The van der Waals surface area contributed by atoms with Crippen molar-refractivity contribution in [3.8, 4) is 5.75 Å². The SMILES string of the molecule is COc1ccc2c(c1)C(=O)N(C)C2.Nc1ccc2oc(C3NC(=O)NC3=O)cc2n1. The summed E-state index contributed by atoms with van der Waals surface area (Å²) >= 11 is 0. The molecule has 0 saturated carbocycles. The number of pyridine rings is 1. The third-order valence-electron chi connectivity index (χ3n) is 4.77. The van der Waals surface area contributed by atoms with Crippen molar-refractivity contribution >= 4 is 34.8 Å². The quantitative estimate of drug-likeness (QED) is 0.546. The lowest BCUT2D eigenvalue weighted by atomic mass is 10.1. The molecule has 2 aliphatic rings. The second kappa shape index (κ2) is 7.39. The third kappa shape index (κ3) is 3.50. The number of furan rings is 1. The number of amides is 4. The average molecular weight is 409 g/mol. The number of fused-ring (bicyclic) bond motifs is 2. The van der Waals surface area contributed by atoms with Gasteiger partial charge in [0.25, 0.3) is 11.8 Å². The summed E-state index contributed by atoms with van der Waals surface area (Å²) < 4.78 is 10.5. The number of ether oxygens (including phenoxy) is 1. The van der Waals surface area contributed by atoms with Crippen LogP contribution in [0, 0.1) is 0 Å². The Balaban J connectivity index is 0.000000151. The summed E-state index contributed by atoms with van der Waals surface area (Å²) in [7, 11) is 3.40. The van der Waals surface area contributed by atoms with Gasteiger partial charge in [-0.15, -0.1) is 0 Å². The number of aromatic nitrogens is 1. The number of rotatable bonds is 2. The van der Waals surface area contributed by atoms with E-state index in [4.69, 9.17) is 14.9 Å². The maximum absolute atomic E-state index is 11.5. The van der Waals surface area contributed by atoms with Crippen LogP contribution in [0.4, 0.5) is 10.6 Å². The number of carbonyl (C=O) groups is 3. The summed E-state index contributed by atoms with van der Waals surface area (Å²) in [5.74, 6) is 1.07. The van der Waals surface area contributed by atoms with E-state index in [1.165, 1.54) is 0 Å². The molecular formula is C20H19N5O5. The van der Waals surface area contributed by atoms with Crippen molar-refractivity contribution in [1.29, 1.82) is 0 Å². The first-order valence-corrected chi connectivity index (χ1v) is 9.05. The van der Waals surface area contributed by atoms with Gasteiger partial charge in [0.2, 0.25) is 0 Å². The summed E-state index contributed by atoms with van der Waals surface area (Å²) in [4.78, 5) is 39.7. The zero-order valence-corrected chi connectivity index (χ0v) is 16.3. The molecule has 30 heavy (non-hydrogen) atoms. The Kier molecular flexibility index (Phi) is 4.74. The number of nitrogens with zero attached hydrogens (tertiary/aromatic N) is 2. The van der Waals surface area contributed by atoms with Crippen LogP contribution < -0.4 is 21.1 Å². The fraction of sp³-hybridized carbons (Fsp3) is 0.200. The summed E-state index contributed by atoms with van der Waals surface area (Å²) in [5.41, 5.74) is 8.44. The lowest BCUT2D eigenvalue weighted by molar-refractivity contribution is -0.120. The predicted molar refractivity (Wildman–Crippen MR) is 107 cm³/mol. The van der Waals surface area contributed by atoms with Crippen LogP contribution in [-0.4, -0.2) is 41.9 Å². The number of methoxy groups -OCH3 is 1. The van der Waals surface area contributed by atoms with Gasteiger partial charge in [-0.25, -0.2) is 9.78 Å². The Bertz CT molecular complexity index is 1170. The van der Waals surface area contributed by atoms with E-state index in [1.807, 2.05) is 12.1 Å². The van der Waals surface area contributed by atoms with Crippen LogP contribution in [0.15, 0.2) is 40.8 Å². The number of carbonyl (C=O) groups excluding carboxylic acids is 3. The van der Waals surface area contributed by atoms with Gasteiger partial charge in [-0.2, -0.15) is 0 Å². The lowest BCUT2D eigenvalue weighted by Crippen LogP contribution is -2.22. The molecule has 0 spiro atoms. The summed E-state index contributed by atoms with van der Waals surface area (Å²) in [5, 5.41) is 4.57. The molecule has 4 N–H and O–H groups in total. The Morgan fingerprint density at radius 1 is 1.20 bits per heavy atom. The van der Waals surface area contributed by atoms with Gasteiger partial charge in [-0.3, -0.25) is 14.9 Å². The molecule has 4 amide bonds. The molecule has 10 nitrogen and oxygen atoms in total. The maximum Gasteiger partial charge on any atom is 0.322 e. The number of hydrogen-bond acceptors (Lipinski definition) is 7. The van der Waals surface area contributed by atoms with Crippen LogP contribution in [0.2, 0.25) is 0 Å². The first kappa shape index (κ1) is 19.2. The topological polar surface area (TPSA) is 140 Å². The Morgan fingerprint density at radius 2 is 2.00 bits per heavy atom. The first-order chi connectivity index (χ1) is 14.4. The standard InChI is InChI=1S/C10H8N4O3.C10H11NO2/c11-7-2-1-5-4(12-7)3-6(17-5)8-9(15)14-10(16)13-8;1-11-6-7-3-4-8(13-2)5-9(7)10(11)12/h1-3,8H,(H2,11,12)(H2,13,14,15,16);3-5H,6H2,1-2H3. The van der Waals surface area contributed by atoms with E-state index in [-0.39, 0.29) is 5.91 Å². The predicted octanol–water partition coefficient (Wildman–Crippen LogP) is 1.57. The molecule has 1 atom stereocenters. The number of hydrogen-bond donors (Lipinski definition) is 3. The highest BCUT2D eigenvalue weighted by Crippen LogP contribution is 2.26. The summed E-state index contributed by atoms with van der Waals surface area (Å²) in [6.07, 6.45) is 0. The van der Waals surface area contributed by atoms with Crippen LogP contribution >= 0.6 is 0 Å². The number of anilines is 1. The van der Waals surface area contributed by atoms with Crippen molar-refractivity contribution in [2.45, 2.75) is 12.6 Å². The highest BCUT2D eigenvalue weighted by atomic mass is 16.5. The molecule has 0 radical (unpaired) electrons. The van der Waals surface area contributed by atoms with Crippen molar-refractivity contribution in [1.82, 2.24) is 20.5 Å². The van der Waals surface area contributed by atoms with Crippen LogP contribution in [0.25, 0.3) is 11.1 Å². The number of nitrogens with one attached hydrogen (secondary N) is 2.